The minimum atomic E-state index is -0.0734. The molecule has 7 heteroatoms. The van der Waals surface area contributed by atoms with Crippen LogP contribution in [0.1, 0.15) is 41.7 Å². The number of pyridine rings is 2. The zero-order chi connectivity index (χ0) is 18.8. The highest BCUT2D eigenvalue weighted by atomic mass is 16.1. The molecule has 0 aliphatic carbocycles. The molecule has 140 valence electrons. The second-order valence-electron chi connectivity index (χ2n) is 7.16. The molecule has 27 heavy (non-hydrogen) atoms. The summed E-state index contributed by atoms with van der Waals surface area (Å²) in [5.74, 6) is -0.0734. The first-order valence-electron chi connectivity index (χ1n) is 9.34. The number of nitrogens with one attached hydrogen (secondary N) is 1. The van der Waals surface area contributed by atoms with Gasteiger partial charge in [0.2, 0.25) is 0 Å². The van der Waals surface area contributed by atoms with Crippen LogP contribution in [0.25, 0.3) is 11.2 Å². The first-order chi connectivity index (χ1) is 13.1. The number of rotatable bonds is 4. The summed E-state index contributed by atoms with van der Waals surface area (Å²) in [4.78, 5) is 27.8. The van der Waals surface area contributed by atoms with E-state index in [1.165, 1.54) is 5.56 Å². The molecule has 4 rings (SSSR count). The van der Waals surface area contributed by atoms with Gasteiger partial charge in [0.05, 0.1) is 11.9 Å². The van der Waals surface area contributed by atoms with Crippen molar-refractivity contribution in [1.29, 1.82) is 0 Å². The van der Waals surface area contributed by atoms with Crippen LogP contribution in [0.3, 0.4) is 0 Å². The number of amides is 1. The average Bonchev–Trinajstić information content (AvgIpc) is 3.09. The number of carbonyl (C=O) groups is 1. The van der Waals surface area contributed by atoms with Gasteiger partial charge in [-0.15, -0.1) is 0 Å². The van der Waals surface area contributed by atoms with Gasteiger partial charge in [-0.05, 0) is 43.5 Å². The van der Waals surface area contributed by atoms with Crippen molar-refractivity contribution >= 4 is 17.1 Å². The third-order valence-electron chi connectivity index (χ3n) is 5.41. The molecule has 1 atom stereocenters. The first-order valence-corrected chi connectivity index (χ1v) is 9.34. The normalized spacial score (nSPS) is 17.1. The van der Waals surface area contributed by atoms with Gasteiger partial charge in [0, 0.05) is 50.8 Å². The molecule has 1 amide bonds. The lowest BCUT2D eigenvalue weighted by Gasteiger charge is -2.36. The molecular formula is C20H24N6O. The topological polar surface area (TPSA) is 75.9 Å². The Labute approximate surface area is 158 Å². The Morgan fingerprint density at radius 2 is 1.96 bits per heavy atom. The summed E-state index contributed by atoms with van der Waals surface area (Å²) in [7, 11) is 1.89. The second-order valence-corrected chi connectivity index (χ2v) is 7.16. The van der Waals surface area contributed by atoms with E-state index in [4.69, 9.17) is 0 Å². The van der Waals surface area contributed by atoms with Gasteiger partial charge < -0.3 is 9.88 Å². The van der Waals surface area contributed by atoms with Crippen molar-refractivity contribution in [3.8, 4) is 0 Å². The smallest absolute Gasteiger partial charge is 0.253 e. The van der Waals surface area contributed by atoms with Gasteiger partial charge in [0.1, 0.15) is 5.52 Å². The maximum Gasteiger partial charge on any atom is 0.253 e. The SMILES string of the molecule is CC(c1ccncc1)N1CCC(NC(=O)c2cnc3c(c2)ncn3C)CC1. The Hall–Kier alpha value is -2.80. The van der Waals surface area contributed by atoms with Gasteiger partial charge in [0.25, 0.3) is 5.91 Å². The average molecular weight is 364 g/mol. The lowest BCUT2D eigenvalue weighted by atomic mass is 10.0. The van der Waals surface area contributed by atoms with Crippen molar-refractivity contribution in [3.63, 3.8) is 0 Å². The summed E-state index contributed by atoms with van der Waals surface area (Å²) >= 11 is 0. The Bertz CT molecular complexity index is 930. The molecule has 1 fully saturated rings. The van der Waals surface area contributed by atoms with Crippen molar-refractivity contribution in [1.82, 2.24) is 29.7 Å². The zero-order valence-electron chi connectivity index (χ0n) is 15.7. The summed E-state index contributed by atoms with van der Waals surface area (Å²) in [5.41, 5.74) is 3.37. The van der Waals surface area contributed by atoms with E-state index in [-0.39, 0.29) is 11.9 Å². The van der Waals surface area contributed by atoms with E-state index in [0.717, 1.165) is 37.1 Å². The minimum absolute atomic E-state index is 0.0734. The van der Waals surface area contributed by atoms with E-state index < -0.39 is 0 Å². The third kappa shape index (κ3) is 3.68. The highest BCUT2D eigenvalue weighted by Crippen LogP contribution is 2.24. The fourth-order valence-corrected chi connectivity index (χ4v) is 3.69. The Morgan fingerprint density at radius 3 is 2.70 bits per heavy atom. The van der Waals surface area contributed by atoms with Crippen molar-refractivity contribution in [2.45, 2.75) is 31.8 Å². The van der Waals surface area contributed by atoms with Gasteiger partial charge in [-0.25, -0.2) is 9.97 Å². The van der Waals surface area contributed by atoms with Crippen LogP contribution in [-0.4, -0.2) is 49.5 Å². The van der Waals surface area contributed by atoms with Gasteiger partial charge in [-0.3, -0.25) is 14.7 Å². The van der Waals surface area contributed by atoms with Crippen LogP contribution in [0.5, 0.6) is 0 Å². The Morgan fingerprint density at radius 1 is 1.22 bits per heavy atom. The standard InChI is InChI=1S/C20H24N6O/c1-14(15-3-7-21-8-4-15)26-9-5-17(6-10-26)24-20(27)16-11-18-19(22-12-16)25(2)13-23-18/h3-4,7-8,11-14,17H,5-6,9-10H2,1-2H3,(H,24,27). The van der Waals surface area contributed by atoms with Crippen LogP contribution in [-0.2, 0) is 7.05 Å². The summed E-state index contributed by atoms with van der Waals surface area (Å²) in [6.45, 7) is 4.15. The van der Waals surface area contributed by atoms with E-state index >= 15 is 0 Å². The summed E-state index contributed by atoms with van der Waals surface area (Å²) in [6.07, 6.45) is 8.90. The number of likely N-dealkylation sites (tertiary alicyclic amines) is 1. The molecule has 1 unspecified atom stereocenters. The molecule has 0 spiro atoms. The van der Waals surface area contributed by atoms with Crippen LogP contribution >= 0.6 is 0 Å². The van der Waals surface area contributed by atoms with Crippen molar-refractivity contribution in [3.05, 3.63) is 54.2 Å². The molecule has 7 nitrogen and oxygen atoms in total. The van der Waals surface area contributed by atoms with E-state index in [0.29, 0.717) is 11.6 Å². The molecular weight excluding hydrogens is 340 g/mol. The minimum Gasteiger partial charge on any atom is -0.349 e. The molecule has 1 N–H and O–H groups in total. The van der Waals surface area contributed by atoms with Crippen LogP contribution < -0.4 is 5.32 Å². The van der Waals surface area contributed by atoms with E-state index in [9.17, 15) is 4.79 Å². The molecule has 0 bridgehead atoms. The lowest BCUT2D eigenvalue weighted by Crippen LogP contribution is -2.45. The summed E-state index contributed by atoms with van der Waals surface area (Å²) in [6, 6.07) is 6.50. The second kappa shape index (κ2) is 7.44. The van der Waals surface area contributed by atoms with Gasteiger partial charge >= 0.3 is 0 Å². The molecule has 3 aromatic rings. The molecule has 0 saturated carbocycles. The number of aryl methyl sites for hydroxylation is 1. The van der Waals surface area contributed by atoms with E-state index in [2.05, 4.69) is 44.2 Å². The van der Waals surface area contributed by atoms with Crippen LogP contribution in [0, 0.1) is 0 Å². The molecule has 0 aromatic carbocycles. The van der Waals surface area contributed by atoms with Crippen LogP contribution in [0.15, 0.2) is 43.1 Å². The number of piperidine rings is 1. The number of carbonyl (C=O) groups excluding carboxylic acids is 1. The number of nitrogens with zero attached hydrogens (tertiary/aromatic N) is 5. The monoisotopic (exact) mass is 364 g/mol. The Balaban J connectivity index is 1.35. The zero-order valence-corrected chi connectivity index (χ0v) is 15.7. The van der Waals surface area contributed by atoms with Crippen molar-refractivity contribution in [2.75, 3.05) is 13.1 Å². The maximum atomic E-state index is 12.6. The molecule has 1 saturated heterocycles. The van der Waals surface area contributed by atoms with Gasteiger partial charge in [-0.1, -0.05) is 0 Å². The van der Waals surface area contributed by atoms with Gasteiger partial charge in [0.15, 0.2) is 5.65 Å². The number of imidazole rings is 1. The largest absolute Gasteiger partial charge is 0.349 e. The number of hydrogen-bond donors (Lipinski definition) is 1. The molecule has 0 radical (unpaired) electrons. The number of fused-ring (bicyclic) bond motifs is 1. The fraction of sp³-hybridized carbons (Fsp3) is 0.400. The molecule has 4 heterocycles. The Kier molecular flexibility index (Phi) is 4.85. The molecule has 1 aliphatic heterocycles. The van der Waals surface area contributed by atoms with Crippen molar-refractivity contribution in [2.24, 2.45) is 7.05 Å². The predicted molar refractivity (Wildman–Crippen MR) is 103 cm³/mol. The van der Waals surface area contributed by atoms with E-state index in [1.54, 1.807) is 18.6 Å². The lowest BCUT2D eigenvalue weighted by molar-refractivity contribution is 0.0895. The highest BCUT2D eigenvalue weighted by molar-refractivity contribution is 5.96. The van der Waals surface area contributed by atoms with Gasteiger partial charge in [-0.2, -0.15) is 0 Å². The van der Waals surface area contributed by atoms with Crippen LogP contribution in [0.4, 0.5) is 0 Å². The molecule has 1 aliphatic rings. The fourth-order valence-electron chi connectivity index (χ4n) is 3.69. The van der Waals surface area contributed by atoms with Crippen molar-refractivity contribution < 1.29 is 4.79 Å². The predicted octanol–water partition coefficient (Wildman–Crippen LogP) is 2.32. The third-order valence-corrected chi connectivity index (χ3v) is 5.41. The summed E-state index contributed by atoms with van der Waals surface area (Å²) < 4.78 is 1.84. The number of hydrogen-bond acceptors (Lipinski definition) is 5. The van der Waals surface area contributed by atoms with E-state index in [1.807, 2.05) is 24.0 Å². The van der Waals surface area contributed by atoms with Crippen LogP contribution in [0.2, 0.25) is 0 Å². The maximum absolute atomic E-state index is 12.6. The molecule has 3 aromatic heterocycles. The number of aromatic nitrogens is 4. The summed E-state index contributed by atoms with van der Waals surface area (Å²) in [5, 5.41) is 3.16. The first kappa shape index (κ1) is 17.6. The quantitative estimate of drug-likeness (QED) is 0.769. The highest BCUT2D eigenvalue weighted by Gasteiger charge is 2.25.